The van der Waals surface area contributed by atoms with Crippen LogP contribution in [0.25, 0.3) is 32.3 Å². The van der Waals surface area contributed by atoms with Crippen LogP contribution in [0.4, 0.5) is 0 Å². The number of hydrogen-bond donors (Lipinski definition) is 0. The van der Waals surface area contributed by atoms with Crippen LogP contribution in [0.5, 0.6) is 0 Å². The third-order valence-corrected chi connectivity index (χ3v) is 6.03. The predicted molar refractivity (Wildman–Crippen MR) is 145 cm³/mol. The van der Waals surface area contributed by atoms with Gasteiger partial charge in [-0.1, -0.05) is 127 Å². The minimum Gasteiger partial charge on any atom is -0.545 e. The predicted octanol–water partition coefficient (Wildman–Crippen LogP) is 3.61. The molecule has 0 aliphatic carbocycles. The molecule has 0 saturated heterocycles. The Balaban J connectivity index is 0.000000163. The molecule has 6 rings (SSSR count). The summed E-state index contributed by atoms with van der Waals surface area (Å²) < 4.78 is 0. The SMILES string of the molecule is O=C([O-])c1cccc2ccccc12.O=C([O-])c1cccc2ccccc12.O=C([O-])c1cccc2ccccc12.[V+3]. The van der Waals surface area contributed by atoms with E-state index in [0.29, 0.717) is 0 Å². The van der Waals surface area contributed by atoms with E-state index in [9.17, 15) is 29.7 Å². The number of carbonyl (C=O) groups is 3. The van der Waals surface area contributed by atoms with Gasteiger partial charge < -0.3 is 29.7 Å². The number of fused-ring (bicyclic) bond motifs is 3. The van der Waals surface area contributed by atoms with E-state index in [2.05, 4.69) is 0 Å². The summed E-state index contributed by atoms with van der Waals surface area (Å²) in [6.07, 6.45) is 0. The van der Waals surface area contributed by atoms with E-state index < -0.39 is 17.9 Å². The van der Waals surface area contributed by atoms with Crippen molar-refractivity contribution in [2.75, 3.05) is 0 Å². The van der Waals surface area contributed by atoms with Crippen molar-refractivity contribution in [2.24, 2.45) is 0 Å². The Morgan fingerprint density at radius 2 is 0.575 bits per heavy atom. The summed E-state index contributed by atoms with van der Waals surface area (Å²) in [6.45, 7) is 0. The first-order valence-corrected chi connectivity index (χ1v) is 11.9. The van der Waals surface area contributed by atoms with E-state index in [4.69, 9.17) is 0 Å². The Bertz CT molecular complexity index is 1580. The maximum Gasteiger partial charge on any atom is 3.00 e. The molecule has 0 bridgehead atoms. The molecule has 0 fully saturated rings. The number of carboxylic acid groups (broad SMARTS) is 3. The van der Waals surface area contributed by atoms with Gasteiger partial charge in [0.25, 0.3) is 0 Å². The van der Waals surface area contributed by atoms with Crippen LogP contribution in [0, 0.1) is 0 Å². The minimum absolute atomic E-state index is 0. The number of carbonyl (C=O) groups excluding carboxylic acids is 3. The zero-order valence-corrected chi connectivity index (χ0v) is 22.4. The molecule has 0 radical (unpaired) electrons. The Morgan fingerprint density at radius 3 is 0.825 bits per heavy atom. The molecule has 0 heterocycles. The first kappa shape index (κ1) is 29.6. The molecule has 40 heavy (non-hydrogen) atoms. The smallest absolute Gasteiger partial charge is 0.545 e. The quantitative estimate of drug-likeness (QED) is 0.324. The monoisotopic (exact) mass is 564 g/mol. The number of carboxylic acids is 3. The molecule has 7 heteroatoms. The number of hydrogen-bond acceptors (Lipinski definition) is 6. The molecule has 0 saturated carbocycles. The fourth-order valence-electron chi connectivity index (χ4n) is 4.21. The van der Waals surface area contributed by atoms with Crippen LogP contribution in [-0.2, 0) is 18.6 Å². The average Bonchev–Trinajstić information content (AvgIpc) is 2.96. The van der Waals surface area contributed by atoms with Crippen LogP contribution in [-0.4, -0.2) is 17.9 Å². The van der Waals surface area contributed by atoms with Gasteiger partial charge in [0.1, 0.15) is 0 Å². The number of aromatic carboxylic acids is 3. The number of rotatable bonds is 3. The Morgan fingerprint density at radius 1 is 0.350 bits per heavy atom. The second-order valence-electron chi connectivity index (χ2n) is 8.44. The molecule has 0 N–H and O–H groups in total. The molecule has 6 aromatic rings. The molecular formula is C33H21O6V. The van der Waals surface area contributed by atoms with Gasteiger partial charge in [-0.15, -0.1) is 0 Å². The average molecular weight is 564 g/mol. The van der Waals surface area contributed by atoms with Gasteiger partial charge in [0.2, 0.25) is 0 Å². The summed E-state index contributed by atoms with van der Waals surface area (Å²) in [5, 5.41) is 37.1. The summed E-state index contributed by atoms with van der Waals surface area (Å²) in [5.74, 6) is -3.38. The van der Waals surface area contributed by atoms with E-state index in [0.717, 1.165) is 32.3 Å². The van der Waals surface area contributed by atoms with Crippen molar-refractivity contribution >= 4 is 50.2 Å². The van der Waals surface area contributed by atoms with Gasteiger partial charge >= 0.3 is 18.6 Å². The van der Waals surface area contributed by atoms with E-state index in [1.54, 1.807) is 54.6 Å². The van der Waals surface area contributed by atoms with Crippen molar-refractivity contribution in [2.45, 2.75) is 0 Å². The fraction of sp³-hybridized carbons (Fsp3) is 0. The molecular weight excluding hydrogens is 543 g/mol. The van der Waals surface area contributed by atoms with Gasteiger partial charge in [0.05, 0.1) is 17.9 Å². The van der Waals surface area contributed by atoms with E-state index in [1.807, 2.05) is 72.8 Å². The summed E-state index contributed by atoms with van der Waals surface area (Å²) in [7, 11) is 0. The number of benzene rings is 6. The second kappa shape index (κ2) is 13.8. The maximum absolute atomic E-state index is 10.7. The third kappa shape index (κ3) is 6.94. The van der Waals surface area contributed by atoms with Gasteiger partial charge in [-0.2, -0.15) is 0 Å². The van der Waals surface area contributed by atoms with E-state index in [-0.39, 0.29) is 35.2 Å². The molecule has 6 nitrogen and oxygen atoms in total. The van der Waals surface area contributed by atoms with E-state index >= 15 is 0 Å². The van der Waals surface area contributed by atoms with Crippen molar-refractivity contribution in [3.63, 3.8) is 0 Å². The summed E-state index contributed by atoms with van der Waals surface area (Å²) >= 11 is 0. The van der Waals surface area contributed by atoms with Crippen molar-refractivity contribution in [1.82, 2.24) is 0 Å². The Labute approximate surface area is 242 Å². The van der Waals surface area contributed by atoms with E-state index in [1.165, 1.54) is 0 Å². The zero-order valence-electron chi connectivity index (χ0n) is 21.0. The molecule has 0 unspecified atom stereocenters. The second-order valence-corrected chi connectivity index (χ2v) is 8.44. The van der Waals surface area contributed by atoms with Gasteiger partial charge in [0.15, 0.2) is 0 Å². The molecule has 0 atom stereocenters. The summed E-state index contributed by atoms with van der Waals surface area (Å²) in [5.41, 5.74) is 0.745. The van der Waals surface area contributed by atoms with Gasteiger partial charge in [-0.25, -0.2) is 0 Å². The largest absolute Gasteiger partial charge is 3.00 e. The van der Waals surface area contributed by atoms with Gasteiger partial charge in [0, 0.05) is 16.7 Å². The normalized spacial score (nSPS) is 9.90. The Hall–Kier alpha value is -4.91. The molecule has 0 aliphatic rings. The maximum atomic E-state index is 10.7. The van der Waals surface area contributed by atoms with Crippen LogP contribution in [0.1, 0.15) is 31.1 Å². The fourth-order valence-corrected chi connectivity index (χ4v) is 4.21. The van der Waals surface area contributed by atoms with Gasteiger partial charge in [-0.05, 0) is 32.3 Å². The van der Waals surface area contributed by atoms with Gasteiger partial charge in [-0.3, -0.25) is 0 Å². The van der Waals surface area contributed by atoms with Crippen LogP contribution in [0.2, 0.25) is 0 Å². The van der Waals surface area contributed by atoms with Crippen LogP contribution in [0.15, 0.2) is 127 Å². The molecule has 0 spiro atoms. The van der Waals surface area contributed by atoms with Crippen molar-refractivity contribution in [3.05, 3.63) is 144 Å². The molecule has 0 aliphatic heterocycles. The summed E-state index contributed by atoms with van der Waals surface area (Å²) in [4.78, 5) is 32.1. The van der Waals surface area contributed by atoms with Crippen LogP contribution < -0.4 is 15.3 Å². The van der Waals surface area contributed by atoms with Crippen LogP contribution in [0.3, 0.4) is 0 Å². The molecule has 194 valence electrons. The zero-order chi connectivity index (χ0) is 27.8. The van der Waals surface area contributed by atoms with Crippen molar-refractivity contribution in [3.8, 4) is 0 Å². The molecule has 6 aromatic carbocycles. The standard InChI is InChI=1S/3C11H8O2.V/c3*12-11(13)10-7-3-5-8-4-1-2-6-9(8)10;/h3*1-7H,(H,12,13);/q;;;+3/p-3. The molecule has 0 amide bonds. The summed E-state index contributed by atoms with van der Waals surface area (Å²) in [6, 6.07) is 37.5. The van der Waals surface area contributed by atoms with Crippen molar-refractivity contribution in [1.29, 1.82) is 0 Å². The third-order valence-electron chi connectivity index (χ3n) is 6.03. The Kier molecular flexibility index (Phi) is 10.2. The topological polar surface area (TPSA) is 120 Å². The molecule has 0 aromatic heterocycles. The first-order chi connectivity index (χ1) is 18.9. The van der Waals surface area contributed by atoms with Crippen LogP contribution >= 0.6 is 0 Å². The van der Waals surface area contributed by atoms with Crippen molar-refractivity contribution < 1.29 is 48.3 Å². The minimum atomic E-state index is -1.13. The first-order valence-electron chi connectivity index (χ1n) is 11.9.